The van der Waals surface area contributed by atoms with Crippen molar-refractivity contribution in [2.45, 2.75) is 26.2 Å². The SMILES string of the molecule is CCCc1nc(N)sc1Cc1cc(Cl)ccc1Br. The second kappa shape index (κ2) is 6.04. The molecule has 1 aromatic heterocycles. The number of nitrogens with two attached hydrogens (primary N) is 1. The normalized spacial score (nSPS) is 10.8. The van der Waals surface area contributed by atoms with Gasteiger partial charge in [0.25, 0.3) is 0 Å². The van der Waals surface area contributed by atoms with E-state index < -0.39 is 0 Å². The zero-order chi connectivity index (χ0) is 13.1. The number of rotatable bonds is 4. The van der Waals surface area contributed by atoms with Crippen LogP contribution in [0.2, 0.25) is 5.02 Å². The van der Waals surface area contributed by atoms with E-state index in [9.17, 15) is 0 Å². The Kier molecular flexibility index (Phi) is 4.65. The largest absolute Gasteiger partial charge is 0.375 e. The van der Waals surface area contributed by atoms with Crippen LogP contribution >= 0.6 is 38.9 Å². The molecule has 1 aromatic carbocycles. The van der Waals surface area contributed by atoms with Crippen molar-refractivity contribution in [3.05, 3.63) is 43.8 Å². The molecule has 0 bridgehead atoms. The molecule has 0 amide bonds. The summed E-state index contributed by atoms with van der Waals surface area (Å²) in [6.45, 7) is 2.15. The van der Waals surface area contributed by atoms with E-state index in [1.54, 1.807) is 11.3 Å². The van der Waals surface area contributed by atoms with Gasteiger partial charge in [0.15, 0.2) is 5.13 Å². The number of hydrogen-bond acceptors (Lipinski definition) is 3. The van der Waals surface area contributed by atoms with Gasteiger partial charge in [-0.15, -0.1) is 11.3 Å². The molecule has 2 aromatic rings. The van der Waals surface area contributed by atoms with Crippen molar-refractivity contribution in [1.82, 2.24) is 4.98 Å². The van der Waals surface area contributed by atoms with Crippen LogP contribution in [-0.4, -0.2) is 4.98 Å². The predicted octanol–water partition coefficient (Wildman–Crippen LogP) is 4.68. The lowest BCUT2D eigenvalue weighted by Crippen LogP contribution is -1.94. The van der Waals surface area contributed by atoms with Gasteiger partial charge in [-0.1, -0.05) is 40.9 Å². The van der Waals surface area contributed by atoms with Crippen LogP contribution < -0.4 is 5.73 Å². The number of aryl methyl sites for hydroxylation is 1. The molecule has 2 rings (SSSR count). The maximum atomic E-state index is 6.03. The molecule has 0 saturated carbocycles. The zero-order valence-corrected chi connectivity index (χ0v) is 13.2. The Hall–Kier alpha value is -0.580. The Bertz CT molecular complexity index is 554. The first-order valence-corrected chi connectivity index (χ1v) is 7.77. The van der Waals surface area contributed by atoms with E-state index in [2.05, 4.69) is 27.8 Å². The predicted molar refractivity (Wildman–Crippen MR) is 82.5 cm³/mol. The lowest BCUT2D eigenvalue weighted by atomic mass is 10.1. The highest BCUT2D eigenvalue weighted by molar-refractivity contribution is 9.10. The van der Waals surface area contributed by atoms with Gasteiger partial charge in [0.1, 0.15) is 0 Å². The van der Waals surface area contributed by atoms with Gasteiger partial charge in [0.2, 0.25) is 0 Å². The second-order valence-electron chi connectivity index (χ2n) is 4.08. The quantitative estimate of drug-likeness (QED) is 0.873. The standard InChI is InChI=1S/C13H14BrClN2S/c1-2-3-11-12(18-13(16)17-11)7-8-6-9(15)4-5-10(8)14/h4-6H,2-3,7H2,1H3,(H2,16,17). The van der Waals surface area contributed by atoms with Crippen molar-refractivity contribution < 1.29 is 0 Å². The van der Waals surface area contributed by atoms with Crippen LogP contribution in [0, 0.1) is 0 Å². The molecule has 96 valence electrons. The first-order chi connectivity index (χ1) is 8.60. The highest BCUT2D eigenvalue weighted by Crippen LogP contribution is 2.29. The van der Waals surface area contributed by atoms with Crippen molar-refractivity contribution >= 4 is 44.0 Å². The molecule has 0 aliphatic rings. The molecule has 1 heterocycles. The molecule has 2 nitrogen and oxygen atoms in total. The summed E-state index contributed by atoms with van der Waals surface area (Å²) in [6, 6.07) is 5.84. The number of hydrogen-bond donors (Lipinski definition) is 1. The Morgan fingerprint density at radius 2 is 2.22 bits per heavy atom. The van der Waals surface area contributed by atoms with Gasteiger partial charge in [-0.3, -0.25) is 0 Å². The molecule has 0 aliphatic carbocycles. The third-order valence-electron chi connectivity index (χ3n) is 2.64. The molecule has 0 atom stereocenters. The van der Waals surface area contributed by atoms with Crippen molar-refractivity contribution in [3.8, 4) is 0 Å². The Balaban J connectivity index is 2.30. The van der Waals surface area contributed by atoms with Crippen LogP contribution in [0.5, 0.6) is 0 Å². The first kappa shape index (κ1) is 13.8. The number of nitrogens with zero attached hydrogens (tertiary/aromatic N) is 1. The zero-order valence-electron chi connectivity index (χ0n) is 10.0. The van der Waals surface area contributed by atoms with Gasteiger partial charge in [-0.05, 0) is 30.2 Å². The summed E-state index contributed by atoms with van der Waals surface area (Å²) in [7, 11) is 0. The van der Waals surface area contributed by atoms with Crippen LogP contribution in [0.1, 0.15) is 29.5 Å². The van der Waals surface area contributed by atoms with Crippen LogP contribution in [0.15, 0.2) is 22.7 Å². The third kappa shape index (κ3) is 3.25. The van der Waals surface area contributed by atoms with Crippen molar-refractivity contribution in [2.24, 2.45) is 0 Å². The minimum absolute atomic E-state index is 0.645. The Morgan fingerprint density at radius 1 is 1.44 bits per heavy atom. The lowest BCUT2D eigenvalue weighted by molar-refractivity contribution is 0.879. The molecular weight excluding hydrogens is 332 g/mol. The van der Waals surface area contributed by atoms with Gasteiger partial charge in [-0.25, -0.2) is 4.98 Å². The summed E-state index contributed by atoms with van der Waals surface area (Å²) in [5.74, 6) is 0. The number of aromatic nitrogens is 1. The summed E-state index contributed by atoms with van der Waals surface area (Å²) < 4.78 is 1.07. The molecule has 0 unspecified atom stereocenters. The molecule has 18 heavy (non-hydrogen) atoms. The monoisotopic (exact) mass is 344 g/mol. The summed E-state index contributed by atoms with van der Waals surface area (Å²) >= 11 is 11.2. The van der Waals surface area contributed by atoms with E-state index >= 15 is 0 Å². The summed E-state index contributed by atoms with van der Waals surface area (Å²) in [5.41, 5.74) is 8.09. The van der Waals surface area contributed by atoms with E-state index in [1.807, 2.05) is 18.2 Å². The molecule has 0 aliphatic heterocycles. The van der Waals surface area contributed by atoms with E-state index in [0.29, 0.717) is 5.13 Å². The first-order valence-electron chi connectivity index (χ1n) is 5.78. The van der Waals surface area contributed by atoms with Gasteiger partial charge in [-0.2, -0.15) is 0 Å². The summed E-state index contributed by atoms with van der Waals surface area (Å²) in [6.07, 6.45) is 2.87. The van der Waals surface area contributed by atoms with Crippen LogP contribution in [0.3, 0.4) is 0 Å². The highest BCUT2D eigenvalue weighted by atomic mass is 79.9. The van der Waals surface area contributed by atoms with Gasteiger partial charge >= 0.3 is 0 Å². The van der Waals surface area contributed by atoms with E-state index in [1.165, 1.54) is 10.4 Å². The average Bonchev–Trinajstić information content (AvgIpc) is 2.65. The molecule has 2 N–H and O–H groups in total. The molecule has 0 spiro atoms. The molecule has 0 saturated heterocycles. The number of halogens is 2. The fourth-order valence-electron chi connectivity index (χ4n) is 1.83. The minimum atomic E-state index is 0.645. The van der Waals surface area contributed by atoms with Gasteiger partial charge < -0.3 is 5.73 Å². The van der Waals surface area contributed by atoms with E-state index in [4.69, 9.17) is 17.3 Å². The number of benzene rings is 1. The number of thiazole rings is 1. The third-order valence-corrected chi connectivity index (χ3v) is 4.58. The molecule has 5 heteroatoms. The minimum Gasteiger partial charge on any atom is -0.375 e. The number of nitrogen functional groups attached to an aromatic ring is 1. The maximum Gasteiger partial charge on any atom is 0.180 e. The molecule has 0 fully saturated rings. The average molecular weight is 346 g/mol. The van der Waals surface area contributed by atoms with Gasteiger partial charge in [0, 0.05) is 20.8 Å². The molecule has 0 radical (unpaired) electrons. The summed E-state index contributed by atoms with van der Waals surface area (Å²) in [4.78, 5) is 5.63. The fraction of sp³-hybridized carbons (Fsp3) is 0.308. The second-order valence-corrected chi connectivity index (χ2v) is 6.49. The van der Waals surface area contributed by atoms with E-state index in [0.717, 1.165) is 34.5 Å². The van der Waals surface area contributed by atoms with Crippen LogP contribution in [-0.2, 0) is 12.8 Å². The Labute approximate surface area is 124 Å². The Morgan fingerprint density at radius 3 is 2.94 bits per heavy atom. The van der Waals surface area contributed by atoms with E-state index in [-0.39, 0.29) is 0 Å². The van der Waals surface area contributed by atoms with Crippen LogP contribution in [0.25, 0.3) is 0 Å². The maximum absolute atomic E-state index is 6.03. The lowest BCUT2D eigenvalue weighted by Gasteiger charge is -2.05. The van der Waals surface area contributed by atoms with Crippen molar-refractivity contribution in [1.29, 1.82) is 0 Å². The van der Waals surface area contributed by atoms with Crippen molar-refractivity contribution in [2.75, 3.05) is 5.73 Å². The smallest absolute Gasteiger partial charge is 0.180 e. The highest BCUT2D eigenvalue weighted by Gasteiger charge is 2.11. The summed E-state index contributed by atoms with van der Waals surface area (Å²) in [5, 5.41) is 1.40. The topological polar surface area (TPSA) is 38.9 Å². The fourth-order valence-corrected chi connectivity index (χ4v) is 3.31. The van der Waals surface area contributed by atoms with Gasteiger partial charge in [0.05, 0.1) is 5.69 Å². The van der Waals surface area contributed by atoms with Crippen molar-refractivity contribution in [3.63, 3.8) is 0 Å². The number of anilines is 1. The van der Waals surface area contributed by atoms with Crippen LogP contribution in [0.4, 0.5) is 5.13 Å². The molecular formula is C13H14BrClN2S.